The Morgan fingerprint density at radius 3 is 2.52 bits per heavy atom. The van der Waals surface area contributed by atoms with Gasteiger partial charge in [-0.3, -0.25) is 0 Å². The highest BCUT2D eigenvalue weighted by Crippen LogP contribution is 2.27. The predicted molar refractivity (Wildman–Crippen MR) is 77.5 cm³/mol. The van der Waals surface area contributed by atoms with Crippen LogP contribution in [-0.2, 0) is 6.54 Å². The molecule has 118 valence electrons. The van der Waals surface area contributed by atoms with Crippen LogP contribution in [-0.4, -0.2) is 30.3 Å². The quantitative estimate of drug-likeness (QED) is 0.873. The predicted octanol–water partition coefficient (Wildman–Crippen LogP) is 3.34. The Kier molecular flexibility index (Phi) is 4.76. The average molecular weight is 301 g/mol. The van der Waals surface area contributed by atoms with Crippen LogP contribution in [0.3, 0.4) is 0 Å². The molecule has 0 atom stereocenters. The second kappa shape index (κ2) is 6.22. The van der Waals surface area contributed by atoms with Gasteiger partial charge in [-0.1, -0.05) is 0 Å². The smallest absolute Gasteiger partial charge is 0.348 e. The summed E-state index contributed by atoms with van der Waals surface area (Å²) in [7, 11) is 0. The summed E-state index contributed by atoms with van der Waals surface area (Å²) in [5.74, 6) is 0.459. The van der Waals surface area contributed by atoms with E-state index in [1.54, 1.807) is 6.92 Å². The van der Waals surface area contributed by atoms with Gasteiger partial charge in [0.25, 0.3) is 0 Å². The third-order valence-electron chi connectivity index (χ3n) is 3.65. The first kappa shape index (κ1) is 16.1. The molecule has 1 aliphatic rings. The lowest BCUT2D eigenvalue weighted by Crippen LogP contribution is -2.36. The molecule has 21 heavy (non-hydrogen) atoms. The highest BCUT2D eigenvalue weighted by Gasteiger charge is 2.32. The van der Waals surface area contributed by atoms with Crippen LogP contribution in [0.2, 0.25) is 0 Å². The molecule has 1 fully saturated rings. The SMILES string of the molecule is CCN(CC(F)(F)F)c1nc(C)cc(C)c1CNC1CC1. The molecule has 6 heteroatoms. The first-order chi connectivity index (χ1) is 9.80. The van der Waals surface area contributed by atoms with Gasteiger partial charge in [-0.15, -0.1) is 0 Å². The van der Waals surface area contributed by atoms with Crippen molar-refractivity contribution >= 4 is 5.82 Å². The summed E-state index contributed by atoms with van der Waals surface area (Å²) in [6, 6.07) is 2.44. The molecule has 0 aromatic carbocycles. The summed E-state index contributed by atoms with van der Waals surface area (Å²) in [5.41, 5.74) is 2.61. The monoisotopic (exact) mass is 301 g/mol. The van der Waals surface area contributed by atoms with E-state index in [9.17, 15) is 13.2 Å². The number of alkyl halides is 3. The van der Waals surface area contributed by atoms with Crippen molar-refractivity contribution in [3.8, 4) is 0 Å². The van der Waals surface area contributed by atoms with Gasteiger partial charge in [-0.05, 0) is 45.2 Å². The van der Waals surface area contributed by atoms with Crippen molar-refractivity contribution in [1.29, 1.82) is 0 Å². The maximum absolute atomic E-state index is 12.8. The Labute approximate surface area is 123 Å². The molecule has 0 amide bonds. The van der Waals surface area contributed by atoms with Crippen LogP contribution < -0.4 is 10.2 Å². The highest BCUT2D eigenvalue weighted by atomic mass is 19.4. The van der Waals surface area contributed by atoms with Gasteiger partial charge >= 0.3 is 6.18 Å². The van der Waals surface area contributed by atoms with Crippen molar-refractivity contribution < 1.29 is 13.2 Å². The van der Waals surface area contributed by atoms with E-state index in [1.165, 1.54) is 4.90 Å². The largest absolute Gasteiger partial charge is 0.405 e. The minimum Gasteiger partial charge on any atom is -0.348 e. The summed E-state index contributed by atoms with van der Waals surface area (Å²) in [4.78, 5) is 5.68. The fraction of sp³-hybridized carbons (Fsp3) is 0.667. The van der Waals surface area contributed by atoms with E-state index >= 15 is 0 Å². The van der Waals surface area contributed by atoms with Gasteiger partial charge in [-0.2, -0.15) is 13.2 Å². The number of nitrogens with one attached hydrogen (secondary N) is 1. The summed E-state index contributed by atoms with van der Waals surface area (Å²) in [5, 5.41) is 3.37. The molecule has 1 aliphatic carbocycles. The minimum absolute atomic E-state index is 0.284. The van der Waals surface area contributed by atoms with Gasteiger partial charge in [0.05, 0.1) is 0 Å². The molecule has 3 nitrogen and oxygen atoms in total. The van der Waals surface area contributed by atoms with Crippen LogP contribution in [0.15, 0.2) is 6.07 Å². The van der Waals surface area contributed by atoms with Crippen molar-refractivity contribution in [2.45, 2.75) is 52.4 Å². The molecule has 2 rings (SSSR count). The number of aromatic nitrogens is 1. The Morgan fingerprint density at radius 1 is 1.33 bits per heavy atom. The maximum atomic E-state index is 12.8. The van der Waals surface area contributed by atoms with Crippen molar-refractivity contribution in [3.05, 3.63) is 22.9 Å². The van der Waals surface area contributed by atoms with Crippen LogP contribution >= 0.6 is 0 Å². The molecule has 0 radical (unpaired) electrons. The molecule has 0 aliphatic heterocycles. The number of anilines is 1. The second-order valence-corrected chi connectivity index (χ2v) is 5.67. The van der Waals surface area contributed by atoms with Gasteiger partial charge in [0.15, 0.2) is 0 Å². The van der Waals surface area contributed by atoms with Crippen LogP contribution in [0.4, 0.5) is 19.0 Å². The lowest BCUT2D eigenvalue weighted by Gasteiger charge is -2.27. The molecule has 1 saturated carbocycles. The average Bonchev–Trinajstić information content (AvgIpc) is 3.17. The van der Waals surface area contributed by atoms with E-state index < -0.39 is 12.7 Å². The van der Waals surface area contributed by atoms with Gasteiger partial charge in [0.1, 0.15) is 12.4 Å². The third-order valence-corrected chi connectivity index (χ3v) is 3.65. The van der Waals surface area contributed by atoms with Crippen molar-refractivity contribution in [3.63, 3.8) is 0 Å². The lowest BCUT2D eigenvalue weighted by molar-refractivity contribution is -0.119. The first-order valence-corrected chi connectivity index (χ1v) is 7.32. The zero-order valence-corrected chi connectivity index (χ0v) is 12.7. The van der Waals surface area contributed by atoms with Gasteiger partial charge < -0.3 is 10.2 Å². The maximum Gasteiger partial charge on any atom is 0.405 e. The van der Waals surface area contributed by atoms with Crippen molar-refractivity contribution in [2.24, 2.45) is 0 Å². The third kappa shape index (κ3) is 4.59. The fourth-order valence-electron chi connectivity index (χ4n) is 2.41. The number of nitrogens with zero attached hydrogens (tertiary/aromatic N) is 2. The normalized spacial score (nSPS) is 15.3. The molecule has 0 bridgehead atoms. The van der Waals surface area contributed by atoms with Crippen molar-refractivity contribution in [1.82, 2.24) is 10.3 Å². The molecule has 1 aromatic rings. The Hall–Kier alpha value is -1.30. The number of hydrogen-bond acceptors (Lipinski definition) is 3. The molecule has 1 N–H and O–H groups in total. The van der Waals surface area contributed by atoms with Crippen LogP contribution in [0, 0.1) is 13.8 Å². The highest BCUT2D eigenvalue weighted by molar-refractivity contribution is 5.51. The molecular formula is C15H22F3N3. The van der Waals surface area contributed by atoms with E-state index in [4.69, 9.17) is 0 Å². The molecule has 1 aromatic heterocycles. The van der Waals surface area contributed by atoms with E-state index in [-0.39, 0.29) is 6.54 Å². The molecular weight excluding hydrogens is 279 g/mol. The summed E-state index contributed by atoms with van der Waals surface area (Å²) in [6.45, 7) is 5.37. The van der Waals surface area contributed by atoms with E-state index in [0.717, 1.165) is 29.7 Å². The van der Waals surface area contributed by atoms with Gasteiger partial charge in [-0.25, -0.2) is 4.98 Å². The van der Waals surface area contributed by atoms with Crippen molar-refractivity contribution in [2.75, 3.05) is 18.0 Å². The lowest BCUT2D eigenvalue weighted by atomic mass is 10.1. The summed E-state index contributed by atoms with van der Waals surface area (Å²) >= 11 is 0. The number of pyridine rings is 1. The minimum atomic E-state index is -4.23. The van der Waals surface area contributed by atoms with Gasteiger partial charge in [0, 0.05) is 30.4 Å². The van der Waals surface area contributed by atoms with E-state index in [2.05, 4.69) is 10.3 Å². The van der Waals surface area contributed by atoms with E-state index in [1.807, 2.05) is 19.9 Å². The Bertz CT molecular complexity index is 496. The Balaban J connectivity index is 2.28. The second-order valence-electron chi connectivity index (χ2n) is 5.67. The van der Waals surface area contributed by atoms with Crippen LogP contribution in [0.5, 0.6) is 0 Å². The number of rotatable bonds is 6. The van der Waals surface area contributed by atoms with E-state index in [0.29, 0.717) is 18.4 Å². The number of halogens is 3. The Morgan fingerprint density at radius 2 is 2.00 bits per heavy atom. The molecule has 0 spiro atoms. The zero-order chi connectivity index (χ0) is 15.6. The number of aryl methyl sites for hydroxylation is 2. The molecule has 0 unspecified atom stereocenters. The summed E-state index contributed by atoms with van der Waals surface area (Å²) < 4.78 is 38.3. The zero-order valence-electron chi connectivity index (χ0n) is 12.7. The molecule has 0 saturated heterocycles. The van der Waals surface area contributed by atoms with Crippen LogP contribution in [0.1, 0.15) is 36.6 Å². The topological polar surface area (TPSA) is 28.2 Å². The molecule has 1 heterocycles. The fourth-order valence-corrected chi connectivity index (χ4v) is 2.41. The number of hydrogen-bond donors (Lipinski definition) is 1. The van der Waals surface area contributed by atoms with Crippen LogP contribution in [0.25, 0.3) is 0 Å². The van der Waals surface area contributed by atoms with Gasteiger partial charge in [0.2, 0.25) is 0 Å². The summed E-state index contributed by atoms with van der Waals surface area (Å²) in [6.07, 6.45) is -1.93. The standard InChI is InChI=1S/C15H22F3N3/c1-4-21(9-15(16,17)18)14-13(8-19-12-5-6-12)10(2)7-11(3)20-14/h7,12,19H,4-6,8-9H2,1-3H3. The first-order valence-electron chi connectivity index (χ1n) is 7.32.